The lowest BCUT2D eigenvalue weighted by Crippen LogP contribution is -2.27. The molecule has 3 N–H and O–H groups in total. The lowest BCUT2D eigenvalue weighted by molar-refractivity contribution is 0.122. The number of aliphatic hydroxyl groups is 1. The van der Waals surface area contributed by atoms with Crippen LogP contribution in [0.4, 0.5) is 0 Å². The minimum Gasteiger partial charge on any atom is -0.391 e. The van der Waals surface area contributed by atoms with Crippen molar-refractivity contribution in [2.24, 2.45) is 11.7 Å². The van der Waals surface area contributed by atoms with Crippen LogP contribution in [0.1, 0.15) is 24.4 Å². The number of hydrogen-bond donors (Lipinski definition) is 2. The maximum absolute atomic E-state index is 9.85. The summed E-state index contributed by atoms with van der Waals surface area (Å²) in [4.78, 5) is 0. The molecular formula is C11H14INO. The summed E-state index contributed by atoms with van der Waals surface area (Å²) < 4.78 is 1.19. The van der Waals surface area contributed by atoms with Gasteiger partial charge in [-0.3, -0.25) is 0 Å². The van der Waals surface area contributed by atoms with E-state index in [1.54, 1.807) is 0 Å². The molecule has 1 aliphatic rings. The summed E-state index contributed by atoms with van der Waals surface area (Å²) in [6.45, 7) is 0. The predicted octanol–water partition coefficient (Wildman–Crippen LogP) is 2.06. The molecule has 1 saturated carbocycles. The summed E-state index contributed by atoms with van der Waals surface area (Å²) in [5.74, 6) is 0.435. The fraction of sp³-hybridized carbons (Fsp3) is 0.455. The summed E-state index contributed by atoms with van der Waals surface area (Å²) in [6.07, 6.45) is 1.88. The second kappa shape index (κ2) is 4.16. The van der Waals surface area contributed by atoms with E-state index in [1.165, 1.54) is 3.57 Å². The molecule has 0 radical (unpaired) electrons. The summed E-state index contributed by atoms with van der Waals surface area (Å²) in [6, 6.07) is 7.82. The summed E-state index contributed by atoms with van der Waals surface area (Å²) in [7, 11) is 0. The maximum atomic E-state index is 9.85. The van der Waals surface area contributed by atoms with E-state index in [-0.39, 0.29) is 12.1 Å². The summed E-state index contributed by atoms with van der Waals surface area (Å²) in [5, 5.41) is 9.85. The van der Waals surface area contributed by atoms with Crippen molar-refractivity contribution in [1.82, 2.24) is 0 Å². The van der Waals surface area contributed by atoms with Gasteiger partial charge in [-0.2, -0.15) is 0 Å². The van der Waals surface area contributed by atoms with Crippen LogP contribution < -0.4 is 5.73 Å². The van der Waals surface area contributed by atoms with E-state index >= 15 is 0 Å². The quantitative estimate of drug-likeness (QED) is 0.840. The Morgan fingerprint density at radius 2 is 1.86 bits per heavy atom. The molecule has 0 amide bonds. The van der Waals surface area contributed by atoms with Crippen molar-refractivity contribution in [1.29, 1.82) is 0 Å². The highest BCUT2D eigenvalue weighted by molar-refractivity contribution is 14.1. The van der Waals surface area contributed by atoms with E-state index in [0.717, 1.165) is 18.4 Å². The van der Waals surface area contributed by atoms with Gasteiger partial charge in [0.2, 0.25) is 0 Å². The number of hydrogen-bond acceptors (Lipinski definition) is 2. The monoisotopic (exact) mass is 303 g/mol. The molecule has 1 fully saturated rings. The molecule has 0 aromatic heterocycles. The first-order valence-corrected chi connectivity index (χ1v) is 5.95. The van der Waals surface area contributed by atoms with E-state index in [0.29, 0.717) is 5.92 Å². The van der Waals surface area contributed by atoms with Crippen molar-refractivity contribution < 1.29 is 5.11 Å². The van der Waals surface area contributed by atoms with E-state index in [2.05, 4.69) is 22.6 Å². The van der Waals surface area contributed by atoms with Crippen LogP contribution in [0.15, 0.2) is 24.3 Å². The molecule has 0 heterocycles. The van der Waals surface area contributed by atoms with Gasteiger partial charge in [-0.15, -0.1) is 0 Å². The molecule has 0 unspecified atom stereocenters. The Morgan fingerprint density at radius 3 is 2.36 bits per heavy atom. The molecule has 2 atom stereocenters. The normalized spacial score (nSPS) is 20.5. The summed E-state index contributed by atoms with van der Waals surface area (Å²) in [5.41, 5.74) is 7.01. The largest absolute Gasteiger partial charge is 0.391 e. The van der Waals surface area contributed by atoms with Gasteiger partial charge < -0.3 is 10.8 Å². The lowest BCUT2D eigenvalue weighted by Gasteiger charge is -2.18. The summed E-state index contributed by atoms with van der Waals surface area (Å²) >= 11 is 2.26. The molecule has 0 aliphatic heterocycles. The van der Waals surface area contributed by atoms with E-state index in [9.17, 15) is 5.11 Å². The molecule has 1 aliphatic carbocycles. The van der Waals surface area contributed by atoms with Crippen LogP contribution in [0, 0.1) is 9.49 Å². The Bertz CT molecular complexity index is 308. The molecule has 1 aromatic carbocycles. The van der Waals surface area contributed by atoms with Crippen molar-refractivity contribution in [3.05, 3.63) is 33.4 Å². The third-order valence-corrected chi connectivity index (χ3v) is 3.45. The van der Waals surface area contributed by atoms with Gasteiger partial charge in [-0.1, -0.05) is 12.1 Å². The molecule has 0 saturated heterocycles. The zero-order valence-electron chi connectivity index (χ0n) is 7.86. The Morgan fingerprint density at radius 1 is 1.29 bits per heavy atom. The first-order valence-electron chi connectivity index (χ1n) is 4.87. The minimum absolute atomic E-state index is 0.223. The molecule has 76 valence electrons. The van der Waals surface area contributed by atoms with Crippen LogP contribution in [-0.2, 0) is 0 Å². The van der Waals surface area contributed by atoms with Gasteiger partial charge >= 0.3 is 0 Å². The minimum atomic E-state index is -0.366. The Kier molecular flexibility index (Phi) is 3.09. The van der Waals surface area contributed by atoms with Gasteiger partial charge in [-0.25, -0.2) is 0 Å². The van der Waals surface area contributed by atoms with E-state index in [1.807, 2.05) is 24.3 Å². The van der Waals surface area contributed by atoms with Crippen LogP contribution in [0.25, 0.3) is 0 Å². The molecule has 14 heavy (non-hydrogen) atoms. The number of aliphatic hydroxyl groups excluding tert-OH is 1. The van der Waals surface area contributed by atoms with E-state index in [4.69, 9.17) is 5.73 Å². The molecular weight excluding hydrogens is 289 g/mol. The molecule has 2 rings (SSSR count). The standard InChI is InChI=1S/C11H14INO/c12-9-5-3-7(4-6-9)10(13)11(14)8-1-2-8/h3-6,8,10-11,14H,1-2,13H2/t10-,11+/m0/s1. The Labute approximate surface area is 97.6 Å². The maximum Gasteiger partial charge on any atom is 0.0760 e. The highest BCUT2D eigenvalue weighted by atomic mass is 127. The Hall–Kier alpha value is -0.130. The van der Waals surface area contributed by atoms with Crippen LogP contribution in [0.3, 0.4) is 0 Å². The second-order valence-corrected chi connectivity index (χ2v) is 5.15. The topological polar surface area (TPSA) is 46.2 Å². The smallest absolute Gasteiger partial charge is 0.0760 e. The van der Waals surface area contributed by atoms with Crippen LogP contribution in [0.2, 0.25) is 0 Å². The molecule has 0 spiro atoms. The average Bonchev–Trinajstić information content (AvgIpc) is 3.00. The highest BCUT2D eigenvalue weighted by Gasteiger charge is 2.34. The van der Waals surface area contributed by atoms with Crippen LogP contribution in [0.5, 0.6) is 0 Å². The fourth-order valence-electron chi connectivity index (χ4n) is 1.61. The zero-order chi connectivity index (χ0) is 10.1. The fourth-order valence-corrected chi connectivity index (χ4v) is 1.97. The lowest BCUT2D eigenvalue weighted by atomic mass is 9.99. The van der Waals surface area contributed by atoms with Crippen LogP contribution in [-0.4, -0.2) is 11.2 Å². The third kappa shape index (κ3) is 2.27. The zero-order valence-corrected chi connectivity index (χ0v) is 10.0. The number of nitrogens with two attached hydrogens (primary N) is 1. The van der Waals surface area contributed by atoms with Crippen molar-refractivity contribution >= 4 is 22.6 Å². The number of halogens is 1. The number of rotatable bonds is 3. The van der Waals surface area contributed by atoms with Gasteiger partial charge in [0, 0.05) is 3.57 Å². The number of benzene rings is 1. The first-order chi connectivity index (χ1) is 6.68. The highest BCUT2D eigenvalue weighted by Crippen LogP contribution is 2.37. The SMILES string of the molecule is N[C@@H](c1ccc(I)cc1)[C@H](O)C1CC1. The van der Waals surface area contributed by atoms with Gasteiger partial charge in [0.1, 0.15) is 0 Å². The second-order valence-electron chi connectivity index (χ2n) is 3.91. The molecule has 0 bridgehead atoms. The first kappa shape index (κ1) is 10.4. The average molecular weight is 303 g/mol. The van der Waals surface area contributed by atoms with Gasteiger partial charge in [-0.05, 0) is 59.0 Å². The predicted molar refractivity (Wildman–Crippen MR) is 64.8 cm³/mol. The molecule has 1 aromatic rings. The van der Waals surface area contributed by atoms with Gasteiger partial charge in [0.15, 0.2) is 0 Å². The Balaban J connectivity index is 2.09. The van der Waals surface area contributed by atoms with Crippen molar-refractivity contribution in [2.45, 2.75) is 25.0 Å². The molecule has 2 nitrogen and oxygen atoms in total. The van der Waals surface area contributed by atoms with Crippen LogP contribution >= 0.6 is 22.6 Å². The molecule has 3 heteroatoms. The van der Waals surface area contributed by atoms with E-state index < -0.39 is 0 Å². The van der Waals surface area contributed by atoms with Crippen molar-refractivity contribution in [2.75, 3.05) is 0 Å². The third-order valence-electron chi connectivity index (χ3n) is 2.73. The van der Waals surface area contributed by atoms with Gasteiger partial charge in [0.05, 0.1) is 12.1 Å². The van der Waals surface area contributed by atoms with Gasteiger partial charge in [0.25, 0.3) is 0 Å². The van der Waals surface area contributed by atoms with Crippen molar-refractivity contribution in [3.8, 4) is 0 Å². The van der Waals surface area contributed by atoms with Crippen molar-refractivity contribution in [3.63, 3.8) is 0 Å².